The molecule has 0 fully saturated rings. The van der Waals surface area contributed by atoms with Crippen molar-refractivity contribution in [1.29, 1.82) is 0 Å². The lowest BCUT2D eigenvalue weighted by molar-refractivity contribution is 0.244. The van der Waals surface area contributed by atoms with Crippen LogP contribution in [0.2, 0.25) is 0 Å². The van der Waals surface area contributed by atoms with Crippen molar-refractivity contribution in [3.63, 3.8) is 0 Å². The van der Waals surface area contributed by atoms with E-state index in [0.717, 1.165) is 5.56 Å². The third-order valence-electron chi connectivity index (χ3n) is 1.42. The molecule has 0 spiro atoms. The van der Waals surface area contributed by atoms with Gasteiger partial charge in [0, 0.05) is 4.90 Å². The zero-order chi connectivity index (χ0) is 9.14. The summed E-state index contributed by atoms with van der Waals surface area (Å²) in [7, 11) is -2.18. The van der Waals surface area contributed by atoms with Crippen LogP contribution in [0.3, 0.4) is 0 Å². The fraction of sp³-hybridized carbons (Fsp3) is 0.250. The molecule has 0 bridgehead atoms. The highest BCUT2D eigenvalue weighted by Gasteiger charge is 2.14. The topological polar surface area (TPSA) is 17.1 Å². The fourth-order valence-corrected chi connectivity index (χ4v) is 1.39. The normalized spacial score (nSPS) is 13.3. The van der Waals surface area contributed by atoms with Crippen LogP contribution >= 0.6 is 0 Å². The summed E-state index contributed by atoms with van der Waals surface area (Å²) >= 11 is 0. The molecule has 0 aliphatic rings. The molecule has 0 heterocycles. The van der Waals surface area contributed by atoms with Crippen LogP contribution in [-0.4, -0.2) is 9.97 Å². The highest BCUT2D eigenvalue weighted by molar-refractivity contribution is 7.85. The van der Waals surface area contributed by atoms with Crippen molar-refractivity contribution in [3.05, 3.63) is 29.8 Å². The van der Waals surface area contributed by atoms with Crippen LogP contribution in [0.1, 0.15) is 5.56 Å². The van der Waals surface area contributed by atoms with Gasteiger partial charge in [-0.15, -0.1) is 0 Å². The molecule has 1 rings (SSSR count). The van der Waals surface area contributed by atoms with Crippen molar-refractivity contribution in [2.24, 2.45) is 0 Å². The standard InChI is InChI=1S/C8H8F2OS/c1-6-2-4-7(5-3-6)12(11)8(9)10/h2-5,8H,1H3. The predicted molar refractivity (Wildman–Crippen MR) is 43.6 cm³/mol. The Kier molecular flexibility index (Phi) is 2.92. The van der Waals surface area contributed by atoms with Crippen LogP contribution in [0.15, 0.2) is 29.2 Å². The van der Waals surface area contributed by atoms with E-state index in [2.05, 4.69) is 0 Å². The Morgan fingerprint density at radius 2 is 1.75 bits per heavy atom. The summed E-state index contributed by atoms with van der Waals surface area (Å²) in [5, 5.41) is 0. The van der Waals surface area contributed by atoms with Gasteiger partial charge in [0.25, 0.3) is 0 Å². The number of hydrogen-bond donors (Lipinski definition) is 0. The molecule has 12 heavy (non-hydrogen) atoms. The van der Waals surface area contributed by atoms with Gasteiger partial charge in [-0.2, -0.15) is 8.78 Å². The Bertz CT molecular complexity index is 282. The summed E-state index contributed by atoms with van der Waals surface area (Å²) in [5.74, 6) is -2.80. The van der Waals surface area contributed by atoms with E-state index in [-0.39, 0.29) is 4.90 Å². The molecule has 0 saturated carbocycles. The molecule has 0 saturated heterocycles. The number of halogens is 2. The Labute approximate surface area is 71.9 Å². The van der Waals surface area contributed by atoms with Crippen molar-refractivity contribution in [2.75, 3.05) is 0 Å². The molecule has 0 amide bonds. The van der Waals surface area contributed by atoms with Crippen LogP contribution < -0.4 is 0 Å². The molecular weight excluding hydrogens is 182 g/mol. The van der Waals surface area contributed by atoms with Gasteiger partial charge in [-0.3, -0.25) is 0 Å². The quantitative estimate of drug-likeness (QED) is 0.699. The van der Waals surface area contributed by atoms with Gasteiger partial charge in [0.2, 0.25) is 0 Å². The predicted octanol–water partition coefficient (Wildman–Crippen LogP) is 2.33. The number of hydrogen-bond acceptors (Lipinski definition) is 1. The van der Waals surface area contributed by atoms with Gasteiger partial charge in [0.1, 0.15) is 10.8 Å². The smallest absolute Gasteiger partial charge is 0.248 e. The van der Waals surface area contributed by atoms with E-state index in [1.807, 2.05) is 6.92 Å². The summed E-state index contributed by atoms with van der Waals surface area (Å²) in [5.41, 5.74) is 0.963. The van der Waals surface area contributed by atoms with Crippen molar-refractivity contribution in [3.8, 4) is 0 Å². The van der Waals surface area contributed by atoms with Gasteiger partial charge in [-0.05, 0) is 19.1 Å². The lowest BCUT2D eigenvalue weighted by atomic mass is 10.2. The second kappa shape index (κ2) is 3.76. The first-order valence-corrected chi connectivity index (χ1v) is 4.58. The number of benzene rings is 1. The monoisotopic (exact) mass is 190 g/mol. The molecule has 0 N–H and O–H groups in total. The summed E-state index contributed by atoms with van der Waals surface area (Å²) in [6.07, 6.45) is 0. The van der Waals surface area contributed by atoms with Crippen LogP contribution in [-0.2, 0) is 10.8 Å². The molecule has 1 nitrogen and oxygen atoms in total. The molecule has 0 radical (unpaired) electrons. The third kappa shape index (κ3) is 2.11. The van der Waals surface area contributed by atoms with Crippen molar-refractivity contribution < 1.29 is 13.0 Å². The molecule has 1 aromatic rings. The zero-order valence-electron chi connectivity index (χ0n) is 6.46. The second-order valence-corrected chi connectivity index (χ2v) is 3.79. The highest BCUT2D eigenvalue weighted by Crippen LogP contribution is 2.13. The van der Waals surface area contributed by atoms with E-state index in [1.165, 1.54) is 12.1 Å². The van der Waals surface area contributed by atoms with Gasteiger partial charge < -0.3 is 0 Å². The van der Waals surface area contributed by atoms with Crippen LogP contribution in [0, 0.1) is 6.92 Å². The Morgan fingerprint density at radius 1 is 1.25 bits per heavy atom. The molecule has 1 aromatic carbocycles. The molecule has 0 aliphatic carbocycles. The minimum Gasteiger partial charge on any atom is -0.248 e. The Balaban J connectivity index is 2.90. The molecule has 4 heteroatoms. The van der Waals surface area contributed by atoms with Gasteiger partial charge >= 0.3 is 5.76 Å². The minimum atomic E-state index is -2.80. The first kappa shape index (κ1) is 9.32. The highest BCUT2D eigenvalue weighted by atomic mass is 32.2. The SMILES string of the molecule is Cc1ccc(S(=O)C(F)F)cc1. The fourth-order valence-electron chi connectivity index (χ4n) is 0.775. The van der Waals surface area contributed by atoms with Crippen molar-refractivity contribution in [1.82, 2.24) is 0 Å². The molecule has 1 unspecified atom stereocenters. The van der Waals surface area contributed by atoms with Gasteiger partial charge in [-0.25, -0.2) is 4.21 Å². The average Bonchev–Trinajstić information content (AvgIpc) is 2.04. The van der Waals surface area contributed by atoms with E-state index >= 15 is 0 Å². The Morgan fingerprint density at radius 3 is 2.17 bits per heavy atom. The van der Waals surface area contributed by atoms with Gasteiger partial charge in [0.15, 0.2) is 0 Å². The van der Waals surface area contributed by atoms with E-state index in [9.17, 15) is 13.0 Å². The Hall–Kier alpha value is -0.770. The van der Waals surface area contributed by atoms with Crippen LogP contribution in [0.5, 0.6) is 0 Å². The number of alkyl halides is 2. The molecular formula is C8H8F2OS. The van der Waals surface area contributed by atoms with Crippen molar-refractivity contribution in [2.45, 2.75) is 17.6 Å². The summed E-state index contributed by atoms with van der Waals surface area (Å²) in [6.45, 7) is 1.84. The van der Waals surface area contributed by atoms with Crippen LogP contribution in [0.25, 0.3) is 0 Å². The molecule has 0 aromatic heterocycles. The van der Waals surface area contributed by atoms with Gasteiger partial charge in [-0.1, -0.05) is 17.7 Å². The minimum absolute atomic E-state index is 0.176. The first-order chi connectivity index (χ1) is 5.61. The van der Waals surface area contributed by atoms with E-state index in [1.54, 1.807) is 12.1 Å². The molecule has 0 aliphatic heterocycles. The van der Waals surface area contributed by atoms with E-state index in [0.29, 0.717) is 0 Å². The summed E-state index contributed by atoms with van der Waals surface area (Å²) in [4.78, 5) is 0.176. The number of aryl methyl sites for hydroxylation is 1. The maximum atomic E-state index is 11.9. The summed E-state index contributed by atoms with van der Waals surface area (Å²) < 4.78 is 34.6. The average molecular weight is 190 g/mol. The lowest BCUT2D eigenvalue weighted by Gasteiger charge is -1.99. The maximum absolute atomic E-state index is 11.9. The first-order valence-electron chi connectivity index (χ1n) is 3.36. The second-order valence-electron chi connectivity index (χ2n) is 2.37. The van der Waals surface area contributed by atoms with Gasteiger partial charge in [0.05, 0.1) is 0 Å². The van der Waals surface area contributed by atoms with E-state index < -0.39 is 16.6 Å². The number of rotatable bonds is 2. The van der Waals surface area contributed by atoms with E-state index in [4.69, 9.17) is 0 Å². The third-order valence-corrected chi connectivity index (χ3v) is 2.48. The lowest BCUT2D eigenvalue weighted by Crippen LogP contribution is -2.01. The van der Waals surface area contributed by atoms with Crippen molar-refractivity contribution >= 4 is 10.8 Å². The largest absolute Gasteiger partial charge is 0.316 e. The summed E-state index contributed by atoms with van der Waals surface area (Å²) in [6, 6.07) is 6.24. The molecule has 66 valence electrons. The molecule has 1 atom stereocenters. The van der Waals surface area contributed by atoms with Crippen LogP contribution in [0.4, 0.5) is 8.78 Å². The maximum Gasteiger partial charge on any atom is 0.316 e. The zero-order valence-corrected chi connectivity index (χ0v) is 7.28.